The first-order chi connectivity index (χ1) is 11.1. The number of anilines is 1. The van der Waals surface area contributed by atoms with E-state index in [4.69, 9.17) is 4.52 Å². The van der Waals surface area contributed by atoms with Gasteiger partial charge in [-0.1, -0.05) is 45.0 Å². The van der Waals surface area contributed by atoms with Crippen LogP contribution in [0.25, 0.3) is 11.3 Å². The summed E-state index contributed by atoms with van der Waals surface area (Å²) in [5.74, 6) is 0.406. The molecule has 0 saturated carbocycles. The lowest BCUT2D eigenvalue weighted by Crippen LogP contribution is -2.13. The molecule has 2 N–H and O–H groups in total. The Morgan fingerprint density at radius 3 is 2.87 bits per heavy atom. The van der Waals surface area contributed by atoms with Crippen LogP contribution in [0.1, 0.15) is 5.69 Å². The second-order valence-electron chi connectivity index (χ2n) is 4.78. The molecular weight excluding hydrogens is 380 g/mol. The van der Waals surface area contributed by atoms with Gasteiger partial charge in [0.2, 0.25) is 11.8 Å². The predicted octanol–water partition coefficient (Wildman–Crippen LogP) is 3.87. The molecule has 0 fully saturated rings. The Hall–Kier alpha value is -2.06. The number of imidazole rings is 1. The fourth-order valence-electron chi connectivity index (χ4n) is 1.88. The van der Waals surface area contributed by atoms with Crippen molar-refractivity contribution in [1.82, 2.24) is 15.1 Å². The van der Waals surface area contributed by atoms with Gasteiger partial charge in [0.05, 0.1) is 23.3 Å². The second-order valence-corrected chi connectivity index (χ2v) is 6.66. The van der Waals surface area contributed by atoms with Gasteiger partial charge in [0.1, 0.15) is 0 Å². The SMILES string of the molecule is Cc1cc(NC(=O)CSc2ncc(-c3ccc(Br)cc3)[nH]2)on1. The maximum Gasteiger partial charge on any atom is 0.237 e. The number of aromatic nitrogens is 3. The highest BCUT2D eigenvalue weighted by Crippen LogP contribution is 2.23. The molecule has 0 radical (unpaired) electrons. The molecule has 8 heteroatoms. The van der Waals surface area contributed by atoms with Gasteiger partial charge in [0, 0.05) is 10.5 Å². The molecule has 118 valence electrons. The second kappa shape index (κ2) is 7.01. The van der Waals surface area contributed by atoms with Crippen LogP contribution in [0, 0.1) is 6.92 Å². The van der Waals surface area contributed by atoms with Gasteiger partial charge in [-0.3, -0.25) is 10.1 Å². The molecule has 3 rings (SSSR count). The quantitative estimate of drug-likeness (QED) is 0.643. The van der Waals surface area contributed by atoms with E-state index in [0.717, 1.165) is 21.4 Å². The van der Waals surface area contributed by atoms with E-state index in [1.807, 2.05) is 24.3 Å². The number of carbonyl (C=O) groups excluding carboxylic acids is 1. The van der Waals surface area contributed by atoms with Gasteiger partial charge < -0.3 is 9.51 Å². The highest BCUT2D eigenvalue weighted by molar-refractivity contribution is 9.10. The number of amides is 1. The van der Waals surface area contributed by atoms with Gasteiger partial charge in [0.15, 0.2) is 5.16 Å². The minimum absolute atomic E-state index is 0.173. The summed E-state index contributed by atoms with van der Waals surface area (Å²) < 4.78 is 5.96. The number of rotatable bonds is 5. The van der Waals surface area contributed by atoms with Crippen LogP contribution in [0.2, 0.25) is 0 Å². The third kappa shape index (κ3) is 4.23. The molecule has 2 aromatic heterocycles. The zero-order valence-electron chi connectivity index (χ0n) is 12.2. The van der Waals surface area contributed by atoms with Crippen molar-refractivity contribution < 1.29 is 9.32 Å². The number of thioether (sulfide) groups is 1. The summed E-state index contributed by atoms with van der Waals surface area (Å²) in [4.78, 5) is 19.3. The number of hydrogen-bond acceptors (Lipinski definition) is 5. The van der Waals surface area contributed by atoms with Crippen LogP contribution < -0.4 is 5.32 Å². The lowest BCUT2D eigenvalue weighted by atomic mass is 10.2. The van der Waals surface area contributed by atoms with Gasteiger partial charge in [-0.2, -0.15) is 0 Å². The summed E-state index contributed by atoms with van der Waals surface area (Å²) in [6.07, 6.45) is 1.75. The Morgan fingerprint density at radius 1 is 1.39 bits per heavy atom. The normalized spacial score (nSPS) is 10.7. The Balaban J connectivity index is 1.56. The number of halogens is 1. The van der Waals surface area contributed by atoms with Crippen molar-refractivity contribution in [3.8, 4) is 11.3 Å². The Morgan fingerprint density at radius 2 is 2.17 bits per heavy atom. The summed E-state index contributed by atoms with van der Waals surface area (Å²) in [6.45, 7) is 1.79. The van der Waals surface area contributed by atoms with Crippen LogP contribution in [0.15, 0.2) is 50.7 Å². The molecule has 0 saturated heterocycles. The summed E-state index contributed by atoms with van der Waals surface area (Å²) in [5.41, 5.74) is 2.67. The van der Waals surface area contributed by atoms with Gasteiger partial charge in [-0.25, -0.2) is 4.98 Å². The molecule has 1 amide bonds. The molecule has 23 heavy (non-hydrogen) atoms. The zero-order valence-corrected chi connectivity index (χ0v) is 14.6. The number of H-pyrrole nitrogens is 1. The van der Waals surface area contributed by atoms with Crippen LogP contribution in [-0.4, -0.2) is 26.8 Å². The van der Waals surface area contributed by atoms with Gasteiger partial charge in [-0.05, 0) is 24.6 Å². The van der Waals surface area contributed by atoms with Crippen molar-refractivity contribution in [2.45, 2.75) is 12.1 Å². The minimum atomic E-state index is -0.173. The Labute approximate surface area is 145 Å². The summed E-state index contributed by atoms with van der Waals surface area (Å²) in [7, 11) is 0. The molecule has 0 aliphatic rings. The Kier molecular flexibility index (Phi) is 4.82. The monoisotopic (exact) mass is 392 g/mol. The third-order valence-corrected chi connectivity index (χ3v) is 4.35. The zero-order chi connectivity index (χ0) is 16.2. The van der Waals surface area contributed by atoms with E-state index in [1.54, 1.807) is 19.2 Å². The largest absolute Gasteiger partial charge is 0.338 e. The van der Waals surface area contributed by atoms with Crippen molar-refractivity contribution in [1.29, 1.82) is 0 Å². The van der Waals surface area contributed by atoms with Crippen LogP contribution in [-0.2, 0) is 4.79 Å². The molecule has 1 aromatic carbocycles. The molecule has 0 aliphatic heterocycles. The molecule has 0 spiro atoms. The van der Waals surface area contributed by atoms with E-state index in [0.29, 0.717) is 11.0 Å². The average Bonchev–Trinajstić information content (AvgIpc) is 3.15. The first-order valence-corrected chi connectivity index (χ1v) is 8.55. The first-order valence-electron chi connectivity index (χ1n) is 6.77. The van der Waals surface area contributed by atoms with Crippen molar-refractivity contribution in [2.75, 3.05) is 11.1 Å². The molecule has 0 bridgehead atoms. The molecule has 0 atom stereocenters. The summed E-state index contributed by atoms with van der Waals surface area (Å²) >= 11 is 4.73. The molecule has 0 aliphatic carbocycles. The molecule has 2 heterocycles. The highest BCUT2D eigenvalue weighted by atomic mass is 79.9. The number of aromatic amines is 1. The molecule has 6 nitrogen and oxygen atoms in total. The van der Waals surface area contributed by atoms with Gasteiger partial charge >= 0.3 is 0 Å². The van der Waals surface area contributed by atoms with E-state index in [9.17, 15) is 4.79 Å². The summed E-state index contributed by atoms with van der Waals surface area (Å²) in [6, 6.07) is 9.59. The molecule has 0 unspecified atom stereocenters. The van der Waals surface area contributed by atoms with E-state index < -0.39 is 0 Å². The van der Waals surface area contributed by atoms with E-state index in [-0.39, 0.29) is 11.7 Å². The fraction of sp³-hybridized carbons (Fsp3) is 0.133. The lowest BCUT2D eigenvalue weighted by molar-refractivity contribution is -0.113. The standard InChI is InChI=1S/C15H13BrN4O2S/c1-9-6-14(22-20-9)19-13(21)8-23-15-17-7-12(18-15)10-2-4-11(16)5-3-10/h2-7H,8H2,1H3,(H,17,18)(H,19,21). The van der Waals surface area contributed by atoms with Gasteiger partial charge in [-0.15, -0.1) is 0 Å². The number of nitrogens with one attached hydrogen (secondary N) is 2. The van der Waals surface area contributed by atoms with Crippen molar-refractivity contribution >= 4 is 39.5 Å². The van der Waals surface area contributed by atoms with Crippen LogP contribution in [0.4, 0.5) is 5.88 Å². The number of aryl methyl sites for hydroxylation is 1. The van der Waals surface area contributed by atoms with E-state index in [1.165, 1.54) is 11.8 Å². The minimum Gasteiger partial charge on any atom is -0.338 e. The third-order valence-electron chi connectivity index (χ3n) is 2.94. The van der Waals surface area contributed by atoms with Crippen molar-refractivity contribution in [3.05, 3.63) is 46.7 Å². The average molecular weight is 393 g/mol. The van der Waals surface area contributed by atoms with Crippen molar-refractivity contribution in [2.24, 2.45) is 0 Å². The Bertz CT molecular complexity index is 813. The molecular formula is C15H13BrN4O2S. The number of carbonyl (C=O) groups is 1. The molecule has 3 aromatic rings. The predicted molar refractivity (Wildman–Crippen MR) is 92.3 cm³/mol. The fourth-order valence-corrected chi connectivity index (χ4v) is 2.80. The summed E-state index contributed by atoms with van der Waals surface area (Å²) in [5, 5.41) is 7.04. The lowest BCUT2D eigenvalue weighted by Gasteiger charge is -2.00. The maximum atomic E-state index is 11.8. The van der Waals surface area contributed by atoms with Crippen LogP contribution >= 0.6 is 27.7 Å². The number of hydrogen-bond donors (Lipinski definition) is 2. The van der Waals surface area contributed by atoms with E-state index >= 15 is 0 Å². The maximum absolute atomic E-state index is 11.8. The van der Waals surface area contributed by atoms with E-state index in [2.05, 4.69) is 36.4 Å². The van der Waals surface area contributed by atoms with Gasteiger partial charge in [0.25, 0.3) is 0 Å². The smallest absolute Gasteiger partial charge is 0.237 e. The van der Waals surface area contributed by atoms with Crippen molar-refractivity contribution in [3.63, 3.8) is 0 Å². The van der Waals surface area contributed by atoms with Crippen LogP contribution in [0.3, 0.4) is 0 Å². The number of benzene rings is 1. The first kappa shape index (κ1) is 15.8. The van der Waals surface area contributed by atoms with Crippen LogP contribution in [0.5, 0.6) is 0 Å². The highest BCUT2D eigenvalue weighted by Gasteiger charge is 2.09. The number of nitrogens with zero attached hydrogens (tertiary/aromatic N) is 2. The topological polar surface area (TPSA) is 83.8 Å².